The molecule has 16 heteroatoms. The third-order valence-electron chi connectivity index (χ3n) is 18.2. The second kappa shape index (κ2) is 30.9. The molecule has 0 saturated heterocycles. The van der Waals surface area contributed by atoms with E-state index < -0.39 is 24.4 Å². The highest BCUT2D eigenvalue weighted by Crippen LogP contribution is 2.48. The lowest BCUT2D eigenvalue weighted by Crippen LogP contribution is -2.36. The average molecular weight is 1250 g/mol. The maximum absolute atomic E-state index is 12.4. The minimum atomic E-state index is -4.08. The molecule has 0 fully saturated rings. The number of carbonyl (C=O) groups is 1. The molecule has 9 rings (SSSR count). The highest BCUT2D eigenvalue weighted by Gasteiger charge is 2.44. The molecule has 0 amide bonds. The summed E-state index contributed by atoms with van der Waals surface area (Å²) in [7, 11) is -7.31. The zero-order valence-electron chi connectivity index (χ0n) is 54.0. The molecular formula is C75H91B2N4O9S+. The standard InChI is InChI=1S/C75H90B2N4O9S/c1-8-9-47-80-68-31-16-12-27-64(68)74(4,5)71(80)44-40-59-25-22-26-60(41-45-72-75(6,7)65-28-13-17-32-69(65)81(72)48-20-21-49-91(87,88)89)73(59)90-63-42-38-58(39-43-63)52-79(54-62-24-11-15-30-67(62)77(85)86)51-57-36-34-56(35-37-57)50-78(46-19-18-33-70(82)55(2)3)53-61-23-10-14-29-66(61)76(83)84/h10-17,23-24,27-32,34-45,83-86H,2,8-9,18-22,25-26,33,46-54H2,1,3-7H3/p+1. The van der Waals surface area contributed by atoms with Gasteiger partial charge in [-0.3, -0.25) is 19.1 Å². The predicted molar refractivity (Wildman–Crippen MR) is 370 cm³/mol. The Hall–Kier alpha value is -7.24. The molecule has 0 atom stereocenters. The Kier molecular flexibility index (Phi) is 23.2. The number of para-hydroxylation sites is 2. The molecule has 1 aliphatic carbocycles. The van der Waals surface area contributed by atoms with E-state index in [1.54, 1.807) is 25.1 Å². The van der Waals surface area contributed by atoms with Crippen molar-refractivity contribution >= 4 is 58.2 Å². The maximum Gasteiger partial charge on any atom is 0.488 e. The van der Waals surface area contributed by atoms with Crippen molar-refractivity contribution in [3.8, 4) is 5.75 Å². The predicted octanol–water partition coefficient (Wildman–Crippen LogP) is 12.1. The summed E-state index contributed by atoms with van der Waals surface area (Å²) in [5.41, 5.74) is 15.2. The monoisotopic (exact) mass is 1250 g/mol. The van der Waals surface area contributed by atoms with E-state index in [2.05, 4.69) is 164 Å². The van der Waals surface area contributed by atoms with Crippen LogP contribution >= 0.6 is 0 Å². The number of ether oxygens (including phenoxy) is 1. The van der Waals surface area contributed by atoms with E-state index in [0.29, 0.717) is 87.3 Å². The van der Waals surface area contributed by atoms with Gasteiger partial charge in [0, 0.05) is 86.6 Å². The molecule has 6 aromatic carbocycles. The van der Waals surface area contributed by atoms with E-state index in [1.807, 2.05) is 48.5 Å². The topological polar surface area (TPSA) is 174 Å². The van der Waals surface area contributed by atoms with Crippen molar-refractivity contribution in [1.82, 2.24) is 9.80 Å². The Morgan fingerprint density at radius 3 is 1.85 bits per heavy atom. The SMILES string of the molecule is C=C(C)C(=O)CCCCN(Cc1ccc(CN(Cc2ccc(OC3=C(C=CC4=[N+](CCCCS(=O)(=O)O)c5ccccc5C4(C)C)CCCC3=CC=C3N(CCCC)c4ccccc4C3(C)C)cc2)Cc2ccccc2B(O)O)cc1)Cc1ccccc1B(O)O. The highest BCUT2D eigenvalue weighted by atomic mass is 32.2. The molecule has 0 radical (unpaired) electrons. The van der Waals surface area contributed by atoms with Gasteiger partial charge in [0.05, 0.1) is 11.2 Å². The van der Waals surface area contributed by atoms with Gasteiger partial charge in [0.2, 0.25) is 5.69 Å². The lowest BCUT2D eigenvalue weighted by molar-refractivity contribution is -0.438. The van der Waals surface area contributed by atoms with Crippen LogP contribution in [0.25, 0.3) is 0 Å². The molecule has 0 unspecified atom stereocenters. The number of rotatable bonds is 31. The summed E-state index contributed by atoms with van der Waals surface area (Å²) in [4.78, 5) is 19.5. The number of ketones is 1. The summed E-state index contributed by atoms with van der Waals surface area (Å²) in [6.07, 6.45) is 16.6. The first-order valence-electron chi connectivity index (χ1n) is 32.4. The Balaban J connectivity index is 1.01. The summed E-state index contributed by atoms with van der Waals surface area (Å²) >= 11 is 0. The lowest BCUT2D eigenvalue weighted by atomic mass is 9.77. The first kappa shape index (κ1) is 68.1. The molecule has 5 N–H and O–H groups in total. The molecule has 3 aliphatic rings. The van der Waals surface area contributed by atoms with Gasteiger partial charge in [-0.05, 0) is 164 Å². The smallest absolute Gasteiger partial charge is 0.457 e. The Morgan fingerprint density at radius 2 is 1.23 bits per heavy atom. The number of carbonyl (C=O) groups excluding carboxylic acids is 1. The van der Waals surface area contributed by atoms with Crippen LogP contribution in [-0.2, 0) is 58.5 Å². The third-order valence-corrected chi connectivity index (χ3v) is 19.0. The van der Waals surface area contributed by atoms with Crippen LogP contribution < -0.4 is 20.6 Å². The number of hydrogen-bond acceptors (Lipinski definition) is 11. The number of allylic oxidation sites excluding steroid dienone is 8. The quantitative estimate of drug-likeness (QED) is 0.00918. The average Bonchev–Trinajstić information content (AvgIpc) is 1.62. The second-order valence-electron chi connectivity index (χ2n) is 25.8. The molecule has 0 spiro atoms. The normalized spacial score (nSPS) is 16.2. The molecular weight excluding hydrogens is 1150 g/mol. The van der Waals surface area contributed by atoms with Crippen molar-refractivity contribution in [2.24, 2.45) is 0 Å². The van der Waals surface area contributed by atoms with E-state index >= 15 is 0 Å². The summed E-state index contributed by atoms with van der Waals surface area (Å²) in [5.74, 6) is 1.31. The van der Waals surface area contributed by atoms with Gasteiger partial charge in [-0.15, -0.1) is 0 Å². The van der Waals surface area contributed by atoms with Crippen molar-refractivity contribution in [2.75, 3.05) is 30.3 Å². The maximum atomic E-state index is 12.4. The number of Topliss-reactive ketones (excluding diaryl/α,β-unsaturated/α-hetero) is 1. The molecule has 0 bridgehead atoms. The van der Waals surface area contributed by atoms with Crippen molar-refractivity contribution in [3.63, 3.8) is 0 Å². The molecule has 0 saturated carbocycles. The van der Waals surface area contributed by atoms with Crippen LogP contribution in [0.3, 0.4) is 0 Å². The fraction of sp³-hybridized carbons (Fsp3) is 0.360. The van der Waals surface area contributed by atoms with Gasteiger partial charge in [0.25, 0.3) is 10.1 Å². The Labute approximate surface area is 541 Å². The van der Waals surface area contributed by atoms with Crippen LogP contribution in [-0.4, -0.2) is 98.6 Å². The van der Waals surface area contributed by atoms with Crippen molar-refractivity contribution in [2.45, 2.75) is 149 Å². The molecule has 0 aromatic heterocycles. The molecule has 6 aromatic rings. The van der Waals surface area contributed by atoms with Gasteiger partial charge < -0.3 is 29.7 Å². The van der Waals surface area contributed by atoms with Gasteiger partial charge in [0.1, 0.15) is 18.1 Å². The van der Waals surface area contributed by atoms with Crippen molar-refractivity contribution in [3.05, 3.63) is 244 Å². The number of hydrogen-bond donors (Lipinski definition) is 5. The second-order valence-corrected chi connectivity index (χ2v) is 27.4. The zero-order chi connectivity index (χ0) is 64.9. The summed E-state index contributed by atoms with van der Waals surface area (Å²) in [6.45, 7) is 21.8. The highest BCUT2D eigenvalue weighted by molar-refractivity contribution is 7.85. The summed E-state index contributed by atoms with van der Waals surface area (Å²) < 4.78 is 42.5. The van der Waals surface area contributed by atoms with Crippen molar-refractivity contribution < 1.29 is 47.2 Å². The van der Waals surface area contributed by atoms with Gasteiger partial charge in [-0.1, -0.05) is 161 Å². The Morgan fingerprint density at radius 1 is 0.659 bits per heavy atom. The molecule has 91 heavy (non-hydrogen) atoms. The van der Waals surface area contributed by atoms with Crippen LogP contribution in [0.1, 0.15) is 145 Å². The van der Waals surface area contributed by atoms with E-state index in [0.717, 1.165) is 108 Å². The lowest BCUT2D eigenvalue weighted by Gasteiger charge is -2.27. The van der Waals surface area contributed by atoms with Gasteiger partial charge in [-0.25, -0.2) is 0 Å². The third kappa shape index (κ3) is 17.5. The van der Waals surface area contributed by atoms with Gasteiger partial charge >= 0.3 is 14.2 Å². The summed E-state index contributed by atoms with van der Waals surface area (Å²) in [5, 5.41) is 41.4. The molecule has 13 nitrogen and oxygen atoms in total. The van der Waals surface area contributed by atoms with E-state index in [1.165, 1.54) is 22.5 Å². The number of unbranched alkanes of at least 4 members (excludes halogenated alkanes) is 3. The number of nitrogens with zero attached hydrogens (tertiary/aromatic N) is 4. The van der Waals surface area contributed by atoms with E-state index in [4.69, 9.17) is 4.74 Å². The van der Waals surface area contributed by atoms with E-state index in [-0.39, 0.29) is 22.4 Å². The summed E-state index contributed by atoms with van der Waals surface area (Å²) in [6, 6.07) is 48.8. The first-order chi connectivity index (χ1) is 43.6. The number of benzene rings is 6. The number of anilines is 1. The van der Waals surface area contributed by atoms with Gasteiger partial charge in [-0.2, -0.15) is 13.0 Å². The number of fused-ring (bicyclic) bond motifs is 2. The minimum absolute atomic E-state index is 0.0664. The van der Waals surface area contributed by atoms with Crippen LogP contribution in [0.5, 0.6) is 5.75 Å². The fourth-order valence-electron chi connectivity index (χ4n) is 13.2. The van der Waals surface area contributed by atoms with Crippen molar-refractivity contribution in [1.29, 1.82) is 0 Å². The fourth-order valence-corrected chi connectivity index (χ4v) is 13.8. The van der Waals surface area contributed by atoms with Crippen LogP contribution in [0.4, 0.5) is 11.4 Å². The van der Waals surface area contributed by atoms with E-state index in [9.17, 15) is 37.9 Å². The molecule has 2 aliphatic heterocycles. The van der Waals surface area contributed by atoms with Crippen LogP contribution in [0.15, 0.2) is 205 Å². The van der Waals surface area contributed by atoms with Crippen LogP contribution in [0.2, 0.25) is 0 Å². The zero-order valence-corrected chi connectivity index (χ0v) is 54.8. The van der Waals surface area contributed by atoms with Gasteiger partial charge in [0.15, 0.2) is 11.5 Å². The molecule has 476 valence electrons. The first-order valence-corrected chi connectivity index (χ1v) is 34.0. The largest absolute Gasteiger partial charge is 0.488 e. The van der Waals surface area contributed by atoms with Crippen LogP contribution in [0, 0.1) is 0 Å². The minimum Gasteiger partial charge on any atom is -0.457 e. The Bertz CT molecular complexity index is 3810. The molecule has 2 heterocycles.